The van der Waals surface area contributed by atoms with Crippen molar-refractivity contribution in [2.75, 3.05) is 6.54 Å². The number of carbonyl (C=O) groups excluding carboxylic acids is 1. The first-order chi connectivity index (χ1) is 5.18. The van der Waals surface area contributed by atoms with Gasteiger partial charge in [-0.1, -0.05) is 0 Å². The Bertz CT molecular complexity index is 177. The van der Waals surface area contributed by atoms with Gasteiger partial charge in [-0.05, 0) is 12.8 Å². The molecule has 11 heavy (non-hydrogen) atoms. The average Bonchev–Trinajstić information content (AvgIpc) is 1.85. The van der Waals surface area contributed by atoms with Crippen LogP contribution >= 0.6 is 0 Å². The summed E-state index contributed by atoms with van der Waals surface area (Å²) in [7, 11) is 0. The Morgan fingerprint density at radius 1 is 1.64 bits per heavy atom. The minimum Gasteiger partial charge on any atom is -0.300 e. The molecule has 4 nitrogen and oxygen atoms in total. The summed E-state index contributed by atoms with van der Waals surface area (Å²) in [6.45, 7) is -0.0360. The largest absolute Gasteiger partial charge is 0.300 e. The molecule has 62 valence electrons. The van der Waals surface area contributed by atoms with Crippen LogP contribution in [0.2, 0.25) is 0 Å². The van der Waals surface area contributed by atoms with E-state index in [-0.39, 0.29) is 23.2 Å². The molecular formula is C7H11NO3. The van der Waals surface area contributed by atoms with Gasteiger partial charge >= 0.3 is 0 Å². The average molecular weight is 157 g/mol. The van der Waals surface area contributed by atoms with Gasteiger partial charge < -0.3 is 0 Å². The predicted molar refractivity (Wildman–Crippen MR) is 38.8 cm³/mol. The number of ketones is 1. The predicted octanol–water partition coefficient (Wildman–Crippen LogP) is 1.02. The normalized spacial score (nSPS) is 25.1. The minimum absolute atomic E-state index is 0.00579. The van der Waals surface area contributed by atoms with Gasteiger partial charge in [-0.3, -0.25) is 14.9 Å². The number of Topliss-reactive ketones (excluding diaryl/α,β-unsaturated/α-hetero) is 1. The fourth-order valence-corrected chi connectivity index (χ4v) is 1.48. The Balaban J connectivity index is 2.34. The Kier molecular flexibility index (Phi) is 2.57. The standard InChI is InChI=1S/C7H11NO3/c9-7-3-1-2-6(4-7)5-8(10)11/h6H,1-5H2/t6-/m0/s1. The van der Waals surface area contributed by atoms with E-state index in [9.17, 15) is 14.9 Å². The molecule has 0 N–H and O–H groups in total. The van der Waals surface area contributed by atoms with Gasteiger partial charge in [0.05, 0.1) is 0 Å². The van der Waals surface area contributed by atoms with Crippen molar-refractivity contribution in [3.63, 3.8) is 0 Å². The molecule has 1 fully saturated rings. The van der Waals surface area contributed by atoms with Crippen molar-refractivity contribution < 1.29 is 9.72 Å². The van der Waals surface area contributed by atoms with Gasteiger partial charge in [0.25, 0.3) is 0 Å². The highest BCUT2D eigenvalue weighted by atomic mass is 16.6. The molecule has 0 aromatic rings. The third-order valence-electron chi connectivity index (χ3n) is 1.99. The molecule has 0 heterocycles. The van der Waals surface area contributed by atoms with E-state index in [4.69, 9.17) is 0 Å². The molecule has 0 saturated heterocycles. The first kappa shape index (κ1) is 8.17. The number of rotatable bonds is 2. The molecule has 0 aromatic heterocycles. The van der Waals surface area contributed by atoms with E-state index in [2.05, 4.69) is 0 Å². The SMILES string of the molecule is O=C1CCC[C@H](C[N+](=O)[O-])C1. The van der Waals surface area contributed by atoms with Crippen LogP contribution in [0.25, 0.3) is 0 Å². The number of carbonyl (C=O) groups is 1. The molecule has 0 spiro atoms. The molecule has 1 saturated carbocycles. The lowest BCUT2D eigenvalue weighted by molar-refractivity contribution is -0.488. The van der Waals surface area contributed by atoms with Crippen molar-refractivity contribution in [2.24, 2.45) is 5.92 Å². The number of nitro groups is 1. The molecule has 0 bridgehead atoms. The van der Waals surface area contributed by atoms with E-state index in [1.807, 2.05) is 0 Å². The first-order valence-electron chi connectivity index (χ1n) is 3.82. The first-order valence-corrected chi connectivity index (χ1v) is 3.82. The summed E-state index contributed by atoms with van der Waals surface area (Å²) in [6.07, 6.45) is 2.71. The van der Waals surface area contributed by atoms with Crippen molar-refractivity contribution in [3.8, 4) is 0 Å². The van der Waals surface area contributed by atoms with Crippen LogP contribution < -0.4 is 0 Å². The maximum atomic E-state index is 10.8. The lowest BCUT2D eigenvalue weighted by Gasteiger charge is -2.16. The summed E-state index contributed by atoms with van der Waals surface area (Å²) in [4.78, 5) is 20.6. The Morgan fingerprint density at radius 3 is 2.91 bits per heavy atom. The molecule has 1 atom stereocenters. The second kappa shape index (κ2) is 3.46. The zero-order chi connectivity index (χ0) is 8.27. The lowest BCUT2D eigenvalue weighted by atomic mass is 9.88. The summed E-state index contributed by atoms with van der Waals surface area (Å²) in [6, 6.07) is 0. The van der Waals surface area contributed by atoms with Gasteiger partial charge in [-0.25, -0.2) is 0 Å². The van der Waals surface area contributed by atoms with Crippen LogP contribution in [0.1, 0.15) is 25.7 Å². The minimum atomic E-state index is -0.330. The fourth-order valence-electron chi connectivity index (χ4n) is 1.48. The van der Waals surface area contributed by atoms with E-state index in [0.717, 1.165) is 12.8 Å². The highest BCUT2D eigenvalue weighted by Gasteiger charge is 2.23. The van der Waals surface area contributed by atoms with Gasteiger partial charge in [-0.2, -0.15) is 0 Å². The summed E-state index contributed by atoms with van der Waals surface area (Å²) in [5.41, 5.74) is 0. The van der Waals surface area contributed by atoms with E-state index >= 15 is 0 Å². The fraction of sp³-hybridized carbons (Fsp3) is 0.857. The van der Waals surface area contributed by atoms with Crippen LogP contribution in [0.4, 0.5) is 0 Å². The molecule has 1 aliphatic rings. The zero-order valence-corrected chi connectivity index (χ0v) is 6.28. The maximum absolute atomic E-state index is 10.8. The molecule has 1 aliphatic carbocycles. The Morgan fingerprint density at radius 2 is 2.36 bits per heavy atom. The van der Waals surface area contributed by atoms with Crippen LogP contribution in [0, 0.1) is 16.0 Å². The Hall–Kier alpha value is -0.930. The number of hydrogen-bond donors (Lipinski definition) is 0. The zero-order valence-electron chi connectivity index (χ0n) is 6.28. The third kappa shape index (κ3) is 2.65. The highest BCUT2D eigenvalue weighted by molar-refractivity contribution is 5.79. The lowest BCUT2D eigenvalue weighted by Crippen LogP contribution is -2.21. The molecule has 0 amide bonds. The van der Waals surface area contributed by atoms with Crippen LogP contribution in [0.3, 0.4) is 0 Å². The summed E-state index contributed by atoms with van der Waals surface area (Å²) < 4.78 is 0. The van der Waals surface area contributed by atoms with E-state index in [1.54, 1.807) is 0 Å². The number of nitrogens with zero attached hydrogens (tertiary/aromatic N) is 1. The molecule has 4 heteroatoms. The second-order valence-electron chi connectivity index (χ2n) is 3.02. The molecule has 0 radical (unpaired) electrons. The van der Waals surface area contributed by atoms with Gasteiger partial charge in [0.2, 0.25) is 6.54 Å². The quantitative estimate of drug-likeness (QED) is 0.444. The van der Waals surface area contributed by atoms with Crippen molar-refractivity contribution in [1.29, 1.82) is 0 Å². The van der Waals surface area contributed by atoms with E-state index in [1.165, 1.54) is 0 Å². The van der Waals surface area contributed by atoms with Crippen molar-refractivity contribution >= 4 is 5.78 Å². The molecule has 0 aromatic carbocycles. The maximum Gasteiger partial charge on any atom is 0.207 e. The number of hydrogen-bond acceptors (Lipinski definition) is 3. The van der Waals surface area contributed by atoms with Crippen LogP contribution in [0.15, 0.2) is 0 Å². The Labute approximate surface area is 64.7 Å². The van der Waals surface area contributed by atoms with Gasteiger partial charge in [-0.15, -0.1) is 0 Å². The van der Waals surface area contributed by atoms with Crippen LogP contribution in [0.5, 0.6) is 0 Å². The van der Waals surface area contributed by atoms with Crippen LogP contribution in [-0.4, -0.2) is 17.3 Å². The third-order valence-corrected chi connectivity index (χ3v) is 1.99. The van der Waals surface area contributed by atoms with Crippen LogP contribution in [-0.2, 0) is 4.79 Å². The van der Waals surface area contributed by atoms with Crippen molar-refractivity contribution in [3.05, 3.63) is 10.1 Å². The molecule has 0 unspecified atom stereocenters. The summed E-state index contributed by atoms with van der Waals surface area (Å²) in [5, 5.41) is 10.1. The van der Waals surface area contributed by atoms with Gasteiger partial charge in [0, 0.05) is 23.7 Å². The topological polar surface area (TPSA) is 60.2 Å². The van der Waals surface area contributed by atoms with Crippen molar-refractivity contribution in [2.45, 2.75) is 25.7 Å². The van der Waals surface area contributed by atoms with Gasteiger partial charge in [0.15, 0.2) is 0 Å². The van der Waals surface area contributed by atoms with E-state index < -0.39 is 0 Å². The smallest absolute Gasteiger partial charge is 0.207 e. The summed E-state index contributed by atoms with van der Waals surface area (Å²) >= 11 is 0. The molecular weight excluding hydrogens is 146 g/mol. The second-order valence-corrected chi connectivity index (χ2v) is 3.02. The molecule has 1 rings (SSSR count). The monoisotopic (exact) mass is 157 g/mol. The van der Waals surface area contributed by atoms with E-state index in [0.29, 0.717) is 12.8 Å². The van der Waals surface area contributed by atoms with Gasteiger partial charge in [0.1, 0.15) is 5.78 Å². The summed E-state index contributed by atoms with van der Waals surface area (Å²) in [5.74, 6) is 0.189. The molecule has 0 aliphatic heterocycles. The highest BCUT2D eigenvalue weighted by Crippen LogP contribution is 2.20. The van der Waals surface area contributed by atoms with Crippen molar-refractivity contribution in [1.82, 2.24) is 0 Å².